The Morgan fingerprint density at radius 3 is 2.70 bits per heavy atom. The lowest BCUT2D eigenvalue weighted by molar-refractivity contribution is -0.134. The van der Waals surface area contributed by atoms with Gasteiger partial charge in [0, 0.05) is 43.7 Å². The lowest BCUT2D eigenvalue weighted by Gasteiger charge is -2.21. The van der Waals surface area contributed by atoms with Gasteiger partial charge in [0.05, 0.1) is 0 Å². The molecule has 0 aromatic heterocycles. The number of amides is 1. The van der Waals surface area contributed by atoms with Crippen LogP contribution in [-0.2, 0) is 11.2 Å². The molecule has 1 atom stereocenters. The van der Waals surface area contributed by atoms with E-state index in [-0.39, 0.29) is 35.9 Å². The fourth-order valence-electron chi connectivity index (χ4n) is 3.91. The van der Waals surface area contributed by atoms with Gasteiger partial charge in [-0.05, 0) is 37.3 Å². The third-order valence-electron chi connectivity index (χ3n) is 5.41. The molecule has 27 heavy (non-hydrogen) atoms. The molecule has 150 valence electrons. The van der Waals surface area contributed by atoms with Crippen molar-refractivity contribution >= 4 is 47.4 Å². The molecule has 1 unspecified atom stereocenters. The Morgan fingerprint density at radius 2 is 2.00 bits per heavy atom. The van der Waals surface area contributed by atoms with E-state index in [9.17, 15) is 4.79 Å². The van der Waals surface area contributed by atoms with Crippen LogP contribution in [0.3, 0.4) is 0 Å². The summed E-state index contributed by atoms with van der Waals surface area (Å²) in [5.74, 6) is 1.41. The van der Waals surface area contributed by atoms with Gasteiger partial charge in [0.25, 0.3) is 0 Å². The minimum atomic E-state index is 0. The van der Waals surface area contributed by atoms with E-state index in [0.717, 1.165) is 61.9 Å². The van der Waals surface area contributed by atoms with Crippen molar-refractivity contribution in [2.24, 2.45) is 10.9 Å². The Morgan fingerprint density at radius 1 is 1.26 bits per heavy atom. The third kappa shape index (κ3) is 6.24. The molecule has 1 aliphatic carbocycles. The summed E-state index contributed by atoms with van der Waals surface area (Å²) in [6.07, 6.45) is 6.36. The van der Waals surface area contributed by atoms with Crippen LogP contribution in [0.4, 0.5) is 0 Å². The molecule has 3 rings (SSSR count). The number of carbonyl (C=O) groups excluding carboxylic acids is 1. The second-order valence-corrected chi connectivity index (χ2v) is 7.64. The fraction of sp³-hybridized carbons (Fsp3) is 0.600. The summed E-state index contributed by atoms with van der Waals surface area (Å²) in [6, 6.07) is 8.18. The second-order valence-electron chi connectivity index (χ2n) is 7.24. The topological polar surface area (TPSA) is 56.7 Å². The summed E-state index contributed by atoms with van der Waals surface area (Å²) >= 11 is 6.20. The van der Waals surface area contributed by atoms with Crippen LogP contribution >= 0.6 is 35.6 Å². The van der Waals surface area contributed by atoms with Crippen molar-refractivity contribution in [3.63, 3.8) is 0 Å². The van der Waals surface area contributed by atoms with E-state index in [1.807, 2.05) is 29.2 Å². The van der Waals surface area contributed by atoms with Crippen molar-refractivity contribution < 1.29 is 4.79 Å². The Hall–Kier alpha value is -1.02. The first-order chi connectivity index (χ1) is 12.7. The van der Waals surface area contributed by atoms with Crippen molar-refractivity contribution in [1.29, 1.82) is 0 Å². The van der Waals surface area contributed by atoms with Crippen molar-refractivity contribution in [3.05, 3.63) is 34.9 Å². The normalized spacial score (nSPS) is 20.4. The Labute approximate surface area is 184 Å². The van der Waals surface area contributed by atoms with Crippen molar-refractivity contribution in [1.82, 2.24) is 15.5 Å². The zero-order chi connectivity index (χ0) is 18.4. The molecule has 1 saturated heterocycles. The van der Waals surface area contributed by atoms with E-state index >= 15 is 0 Å². The van der Waals surface area contributed by atoms with Gasteiger partial charge in [-0.2, -0.15) is 0 Å². The number of likely N-dealkylation sites (tertiary alicyclic amines) is 1. The van der Waals surface area contributed by atoms with Crippen LogP contribution in [0.2, 0.25) is 5.02 Å². The molecule has 5 nitrogen and oxygen atoms in total. The molecular weight excluding hydrogens is 475 g/mol. The number of hydrogen-bond donors (Lipinski definition) is 2. The number of carbonyl (C=O) groups is 1. The van der Waals surface area contributed by atoms with Gasteiger partial charge in [-0.25, -0.2) is 0 Å². The van der Waals surface area contributed by atoms with Crippen LogP contribution < -0.4 is 10.6 Å². The van der Waals surface area contributed by atoms with Crippen molar-refractivity contribution in [2.75, 3.05) is 26.7 Å². The molecule has 1 aromatic carbocycles. The van der Waals surface area contributed by atoms with Crippen LogP contribution in [0.15, 0.2) is 29.3 Å². The molecular formula is C20H30ClIN4O. The Bertz CT molecular complexity index is 649. The predicted molar refractivity (Wildman–Crippen MR) is 122 cm³/mol. The van der Waals surface area contributed by atoms with E-state index in [2.05, 4.69) is 15.6 Å². The third-order valence-corrected chi connectivity index (χ3v) is 5.78. The molecule has 1 amide bonds. The SMILES string of the molecule is CN=C(NCCc1ccccc1Cl)NC1CCN(C(=O)C2CCCC2)C1.I. The molecule has 2 aliphatic rings. The molecule has 7 heteroatoms. The highest BCUT2D eigenvalue weighted by Crippen LogP contribution is 2.27. The largest absolute Gasteiger partial charge is 0.356 e. The van der Waals surface area contributed by atoms with Crippen LogP contribution in [0.5, 0.6) is 0 Å². The average molecular weight is 505 g/mol. The van der Waals surface area contributed by atoms with E-state index in [1.165, 1.54) is 12.8 Å². The molecule has 1 aromatic rings. The Kier molecular flexibility index (Phi) is 9.15. The minimum Gasteiger partial charge on any atom is -0.356 e. The number of aliphatic imine (C=N–C) groups is 1. The van der Waals surface area contributed by atoms with Gasteiger partial charge >= 0.3 is 0 Å². The van der Waals surface area contributed by atoms with Crippen LogP contribution in [0, 0.1) is 5.92 Å². The molecule has 1 aliphatic heterocycles. The van der Waals surface area contributed by atoms with Crippen LogP contribution in [-0.4, -0.2) is 49.5 Å². The second kappa shape index (κ2) is 11.1. The first kappa shape index (κ1) is 22.3. The van der Waals surface area contributed by atoms with E-state index in [4.69, 9.17) is 11.6 Å². The van der Waals surface area contributed by atoms with Gasteiger partial charge in [0.2, 0.25) is 5.91 Å². The minimum absolute atomic E-state index is 0. The fourth-order valence-corrected chi connectivity index (χ4v) is 4.14. The summed E-state index contributed by atoms with van der Waals surface area (Å²) < 4.78 is 0. The average Bonchev–Trinajstić information content (AvgIpc) is 3.34. The van der Waals surface area contributed by atoms with Gasteiger partial charge < -0.3 is 15.5 Å². The number of hydrogen-bond acceptors (Lipinski definition) is 2. The maximum Gasteiger partial charge on any atom is 0.225 e. The predicted octanol–water partition coefficient (Wildman–Crippen LogP) is 3.46. The number of guanidine groups is 1. The summed E-state index contributed by atoms with van der Waals surface area (Å²) in [7, 11) is 1.78. The van der Waals surface area contributed by atoms with Gasteiger partial charge in [0.1, 0.15) is 0 Å². The zero-order valence-electron chi connectivity index (χ0n) is 15.9. The molecule has 1 saturated carbocycles. The van der Waals surface area contributed by atoms with Gasteiger partial charge in [-0.1, -0.05) is 42.6 Å². The lowest BCUT2D eigenvalue weighted by Crippen LogP contribution is -2.45. The molecule has 0 radical (unpaired) electrons. The first-order valence-corrected chi connectivity index (χ1v) is 10.0. The van der Waals surface area contributed by atoms with E-state index < -0.39 is 0 Å². The molecule has 1 heterocycles. The number of nitrogens with zero attached hydrogens (tertiary/aromatic N) is 2. The number of benzene rings is 1. The summed E-state index contributed by atoms with van der Waals surface area (Å²) in [5, 5.41) is 7.60. The van der Waals surface area contributed by atoms with E-state index in [0.29, 0.717) is 5.91 Å². The first-order valence-electron chi connectivity index (χ1n) is 9.66. The zero-order valence-corrected chi connectivity index (χ0v) is 19.0. The molecule has 2 N–H and O–H groups in total. The summed E-state index contributed by atoms with van der Waals surface area (Å²) in [6.45, 7) is 2.39. The highest BCUT2D eigenvalue weighted by molar-refractivity contribution is 14.0. The van der Waals surface area contributed by atoms with E-state index in [1.54, 1.807) is 7.05 Å². The highest BCUT2D eigenvalue weighted by atomic mass is 127. The van der Waals surface area contributed by atoms with Gasteiger partial charge in [-0.3, -0.25) is 9.79 Å². The standard InChI is InChI=1S/C20H29ClN4O.HI/c1-22-20(23-12-10-15-6-4-5-9-18(15)21)24-17-11-13-25(14-17)19(26)16-7-2-3-8-16;/h4-6,9,16-17H,2-3,7-8,10-14H2,1H3,(H2,22,23,24);1H. The number of nitrogens with one attached hydrogen (secondary N) is 2. The molecule has 0 spiro atoms. The van der Waals surface area contributed by atoms with Crippen LogP contribution in [0.25, 0.3) is 0 Å². The van der Waals surface area contributed by atoms with Crippen molar-refractivity contribution in [2.45, 2.75) is 44.6 Å². The highest BCUT2D eigenvalue weighted by Gasteiger charge is 2.32. The maximum absolute atomic E-state index is 12.5. The monoisotopic (exact) mass is 504 g/mol. The molecule has 0 bridgehead atoms. The lowest BCUT2D eigenvalue weighted by atomic mass is 10.1. The van der Waals surface area contributed by atoms with Gasteiger partial charge in [-0.15, -0.1) is 24.0 Å². The molecule has 2 fully saturated rings. The summed E-state index contributed by atoms with van der Waals surface area (Å²) in [5.41, 5.74) is 1.13. The Balaban J connectivity index is 0.00000261. The number of halogens is 2. The smallest absolute Gasteiger partial charge is 0.225 e. The van der Waals surface area contributed by atoms with Gasteiger partial charge in [0.15, 0.2) is 5.96 Å². The van der Waals surface area contributed by atoms with Crippen molar-refractivity contribution in [3.8, 4) is 0 Å². The quantitative estimate of drug-likeness (QED) is 0.367. The van der Waals surface area contributed by atoms with Crippen LogP contribution in [0.1, 0.15) is 37.7 Å². The maximum atomic E-state index is 12.5. The summed E-state index contributed by atoms with van der Waals surface area (Å²) in [4.78, 5) is 18.9. The number of rotatable bonds is 5.